The molecular weight excluding hydrogens is 391 g/mol. The lowest BCUT2D eigenvalue weighted by atomic mass is 10.1. The number of hydrogen-bond donors (Lipinski definition) is 0. The molecule has 0 N–H and O–H groups in total. The number of halogens is 1. The van der Waals surface area contributed by atoms with Gasteiger partial charge in [-0.2, -0.15) is 0 Å². The number of aromatic nitrogens is 1. The van der Waals surface area contributed by atoms with E-state index in [9.17, 15) is 14.5 Å². The zero-order valence-electron chi connectivity index (χ0n) is 13.9. The van der Waals surface area contributed by atoms with E-state index in [1.165, 1.54) is 47.4 Å². The van der Waals surface area contributed by atoms with E-state index in [0.717, 1.165) is 21.2 Å². The van der Waals surface area contributed by atoms with Crippen LogP contribution in [-0.2, 0) is 17.1 Å². The average molecular weight is 404 g/mol. The van der Waals surface area contributed by atoms with Gasteiger partial charge in [-0.25, -0.2) is 9.37 Å². The molecule has 4 rings (SSSR count). The van der Waals surface area contributed by atoms with Crippen molar-refractivity contribution in [2.75, 3.05) is 6.79 Å². The predicted molar refractivity (Wildman–Crippen MR) is 100 cm³/mol. The van der Waals surface area contributed by atoms with Gasteiger partial charge < -0.3 is 9.47 Å². The highest BCUT2D eigenvalue weighted by molar-refractivity contribution is 8.00. The zero-order valence-corrected chi connectivity index (χ0v) is 15.5. The van der Waals surface area contributed by atoms with Gasteiger partial charge in [-0.15, -0.1) is 11.3 Å². The van der Waals surface area contributed by atoms with Gasteiger partial charge in [-0.3, -0.25) is 10.1 Å². The SMILES string of the molecule is O=[N+]([O-])c1cc2c(c(CSc3nc(-c4ccc(F)cc4)cs3)c1)OCOC2. The minimum Gasteiger partial charge on any atom is -0.467 e. The van der Waals surface area contributed by atoms with Crippen molar-refractivity contribution in [1.82, 2.24) is 4.98 Å². The molecule has 0 saturated heterocycles. The maximum Gasteiger partial charge on any atom is 0.270 e. The van der Waals surface area contributed by atoms with Crippen molar-refractivity contribution in [2.24, 2.45) is 0 Å². The molecular formula is C18H13FN2O4S2. The van der Waals surface area contributed by atoms with E-state index in [1.54, 1.807) is 12.1 Å². The highest BCUT2D eigenvalue weighted by Crippen LogP contribution is 2.37. The third-order valence-electron chi connectivity index (χ3n) is 3.96. The van der Waals surface area contributed by atoms with E-state index < -0.39 is 4.92 Å². The number of nitro groups is 1. The Labute approximate surface area is 162 Å². The number of thiazole rings is 1. The Morgan fingerprint density at radius 1 is 1.30 bits per heavy atom. The van der Waals surface area contributed by atoms with Crippen molar-refractivity contribution in [2.45, 2.75) is 16.7 Å². The van der Waals surface area contributed by atoms with Crippen LogP contribution in [0.15, 0.2) is 46.1 Å². The highest BCUT2D eigenvalue weighted by Gasteiger charge is 2.21. The standard InChI is InChI=1S/C18H13FN2O4S2/c19-14-3-1-11(2-4-14)16-9-27-18(20-16)26-8-13-6-15(21(22)23)5-12-7-24-10-25-17(12)13/h1-6,9H,7-8,10H2. The third kappa shape index (κ3) is 3.95. The molecule has 9 heteroatoms. The molecule has 27 heavy (non-hydrogen) atoms. The predicted octanol–water partition coefficient (Wildman–Crippen LogP) is 5.02. The van der Waals surface area contributed by atoms with E-state index in [-0.39, 0.29) is 18.3 Å². The molecule has 0 amide bonds. The van der Waals surface area contributed by atoms with Crippen LogP contribution in [-0.4, -0.2) is 16.7 Å². The first kappa shape index (κ1) is 17.9. The van der Waals surface area contributed by atoms with Crippen molar-refractivity contribution in [3.63, 3.8) is 0 Å². The summed E-state index contributed by atoms with van der Waals surface area (Å²) >= 11 is 2.95. The monoisotopic (exact) mass is 404 g/mol. The van der Waals surface area contributed by atoms with Crippen molar-refractivity contribution < 1.29 is 18.8 Å². The minimum absolute atomic E-state index is 0.0181. The molecule has 0 saturated carbocycles. The molecule has 138 valence electrons. The maximum absolute atomic E-state index is 13.1. The van der Waals surface area contributed by atoms with E-state index in [0.29, 0.717) is 23.7 Å². The first-order valence-electron chi connectivity index (χ1n) is 7.95. The van der Waals surface area contributed by atoms with Crippen LogP contribution in [0.4, 0.5) is 10.1 Å². The Morgan fingerprint density at radius 3 is 2.89 bits per heavy atom. The largest absolute Gasteiger partial charge is 0.467 e. The Bertz CT molecular complexity index is 992. The molecule has 0 bridgehead atoms. The molecule has 1 aromatic heterocycles. The van der Waals surface area contributed by atoms with Crippen LogP contribution in [0.5, 0.6) is 5.75 Å². The van der Waals surface area contributed by atoms with Crippen LogP contribution in [0, 0.1) is 15.9 Å². The summed E-state index contributed by atoms with van der Waals surface area (Å²) in [6.45, 7) is 0.426. The normalized spacial score (nSPS) is 13.1. The summed E-state index contributed by atoms with van der Waals surface area (Å²) in [5, 5.41) is 13.1. The maximum atomic E-state index is 13.1. The molecule has 0 radical (unpaired) electrons. The molecule has 0 fully saturated rings. The smallest absolute Gasteiger partial charge is 0.270 e. The molecule has 2 aromatic carbocycles. The Kier molecular flexibility index (Phi) is 5.06. The lowest BCUT2D eigenvalue weighted by Gasteiger charge is -2.20. The van der Waals surface area contributed by atoms with E-state index >= 15 is 0 Å². The Balaban J connectivity index is 1.54. The van der Waals surface area contributed by atoms with Gasteiger partial charge in [0.2, 0.25) is 0 Å². The van der Waals surface area contributed by atoms with Gasteiger partial charge in [-0.1, -0.05) is 11.8 Å². The molecule has 2 heterocycles. The second kappa shape index (κ2) is 7.63. The van der Waals surface area contributed by atoms with Crippen LogP contribution >= 0.6 is 23.1 Å². The fourth-order valence-corrected chi connectivity index (χ4v) is 4.51. The van der Waals surface area contributed by atoms with Gasteiger partial charge in [0.05, 0.1) is 17.2 Å². The average Bonchev–Trinajstić information content (AvgIpc) is 3.15. The number of non-ortho nitro benzene ring substituents is 1. The van der Waals surface area contributed by atoms with E-state index in [4.69, 9.17) is 9.47 Å². The van der Waals surface area contributed by atoms with Crippen molar-refractivity contribution >= 4 is 28.8 Å². The van der Waals surface area contributed by atoms with Crippen LogP contribution in [0.3, 0.4) is 0 Å². The zero-order chi connectivity index (χ0) is 18.8. The summed E-state index contributed by atoms with van der Waals surface area (Å²) in [6.07, 6.45) is 0. The number of rotatable bonds is 5. The summed E-state index contributed by atoms with van der Waals surface area (Å²) in [6, 6.07) is 9.18. The molecule has 0 unspecified atom stereocenters. The van der Waals surface area contributed by atoms with Crippen molar-refractivity contribution in [3.05, 3.63) is 68.8 Å². The van der Waals surface area contributed by atoms with E-state index in [1.807, 2.05) is 5.38 Å². The van der Waals surface area contributed by atoms with Gasteiger partial charge >= 0.3 is 0 Å². The minimum atomic E-state index is -0.418. The highest BCUT2D eigenvalue weighted by atomic mass is 32.2. The first-order valence-corrected chi connectivity index (χ1v) is 9.81. The topological polar surface area (TPSA) is 74.5 Å². The molecule has 0 aliphatic carbocycles. The number of ether oxygens (including phenoxy) is 2. The molecule has 1 aliphatic rings. The van der Waals surface area contributed by atoms with Crippen molar-refractivity contribution in [1.29, 1.82) is 0 Å². The number of benzene rings is 2. The lowest BCUT2D eigenvalue weighted by molar-refractivity contribution is -0.385. The Hall–Kier alpha value is -2.49. The molecule has 1 aliphatic heterocycles. The van der Waals surface area contributed by atoms with E-state index in [2.05, 4.69) is 4.98 Å². The van der Waals surface area contributed by atoms with Crippen LogP contribution in [0.25, 0.3) is 11.3 Å². The number of fused-ring (bicyclic) bond motifs is 1. The van der Waals surface area contributed by atoms with Gasteiger partial charge in [0.25, 0.3) is 5.69 Å². The molecule has 0 atom stereocenters. The summed E-state index contributed by atoms with van der Waals surface area (Å²) in [7, 11) is 0. The molecule has 6 nitrogen and oxygen atoms in total. The van der Waals surface area contributed by atoms with Crippen molar-refractivity contribution in [3.8, 4) is 17.0 Å². The number of nitro benzene ring substituents is 1. The summed E-state index contributed by atoms with van der Waals surface area (Å²) < 4.78 is 24.6. The number of hydrogen-bond acceptors (Lipinski definition) is 7. The summed E-state index contributed by atoms with van der Waals surface area (Å²) in [5.41, 5.74) is 3.05. The van der Waals surface area contributed by atoms with Gasteiger partial charge in [-0.05, 0) is 24.3 Å². The summed E-state index contributed by atoms with van der Waals surface area (Å²) in [5.74, 6) is 0.845. The third-order valence-corrected chi connectivity index (χ3v) is 6.03. The fraction of sp³-hybridized carbons (Fsp3) is 0.167. The van der Waals surface area contributed by atoms with Gasteiger partial charge in [0.1, 0.15) is 11.6 Å². The Morgan fingerprint density at radius 2 is 2.11 bits per heavy atom. The number of nitrogens with zero attached hydrogens (tertiary/aromatic N) is 2. The van der Waals surface area contributed by atoms with Crippen LogP contribution in [0.2, 0.25) is 0 Å². The number of thioether (sulfide) groups is 1. The lowest BCUT2D eigenvalue weighted by Crippen LogP contribution is -2.13. The molecule has 0 spiro atoms. The second-order valence-electron chi connectivity index (χ2n) is 5.76. The first-order chi connectivity index (χ1) is 13.1. The fourth-order valence-electron chi connectivity index (χ4n) is 2.71. The van der Waals surface area contributed by atoms with Gasteiger partial charge in [0.15, 0.2) is 11.1 Å². The molecule has 3 aromatic rings. The van der Waals surface area contributed by atoms with Crippen LogP contribution < -0.4 is 4.74 Å². The van der Waals surface area contributed by atoms with Crippen LogP contribution in [0.1, 0.15) is 11.1 Å². The summed E-state index contributed by atoms with van der Waals surface area (Å²) in [4.78, 5) is 15.3. The quantitative estimate of drug-likeness (QED) is 0.338. The van der Waals surface area contributed by atoms with Gasteiger partial charge in [0, 0.05) is 40.0 Å². The second-order valence-corrected chi connectivity index (χ2v) is 7.84.